The van der Waals surface area contributed by atoms with Crippen LogP contribution in [0.5, 0.6) is 0 Å². The summed E-state index contributed by atoms with van der Waals surface area (Å²) in [6.45, 7) is 6.05. The van der Waals surface area contributed by atoms with Gasteiger partial charge in [0, 0.05) is 32.5 Å². The van der Waals surface area contributed by atoms with Gasteiger partial charge in [-0.25, -0.2) is 0 Å². The SMILES string of the molecule is CC#CCCNCCC(=O)NCC. The summed E-state index contributed by atoms with van der Waals surface area (Å²) in [5.41, 5.74) is 0. The molecule has 0 aliphatic heterocycles. The molecular formula is C10H18N2O. The van der Waals surface area contributed by atoms with Crippen molar-refractivity contribution >= 4 is 5.91 Å². The van der Waals surface area contributed by atoms with Gasteiger partial charge < -0.3 is 10.6 Å². The zero-order valence-electron chi connectivity index (χ0n) is 8.44. The maximum atomic E-state index is 11.0. The zero-order chi connectivity index (χ0) is 9.94. The van der Waals surface area contributed by atoms with E-state index in [0.29, 0.717) is 13.0 Å². The van der Waals surface area contributed by atoms with E-state index in [4.69, 9.17) is 0 Å². The second-order valence-corrected chi connectivity index (χ2v) is 2.63. The van der Waals surface area contributed by atoms with Crippen molar-refractivity contribution in [2.24, 2.45) is 0 Å². The van der Waals surface area contributed by atoms with Crippen LogP contribution in [0, 0.1) is 11.8 Å². The van der Waals surface area contributed by atoms with Gasteiger partial charge in [0.25, 0.3) is 0 Å². The third-order valence-electron chi connectivity index (χ3n) is 1.51. The van der Waals surface area contributed by atoms with E-state index >= 15 is 0 Å². The van der Waals surface area contributed by atoms with Gasteiger partial charge >= 0.3 is 0 Å². The third-order valence-corrected chi connectivity index (χ3v) is 1.51. The van der Waals surface area contributed by atoms with Gasteiger partial charge in [-0.3, -0.25) is 4.79 Å². The van der Waals surface area contributed by atoms with Crippen LogP contribution in [0.3, 0.4) is 0 Å². The largest absolute Gasteiger partial charge is 0.356 e. The third kappa shape index (κ3) is 8.90. The van der Waals surface area contributed by atoms with Crippen LogP contribution >= 0.6 is 0 Å². The van der Waals surface area contributed by atoms with Gasteiger partial charge in [-0.15, -0.1) is 11.8 Å². The second kappa shape index (κ2) is 9.08. The average molecular weight is 182 g/mol. The summed E-state index contributed by atoms with van der Waals surface area (Å²) in [5.74, 6) is 5.87. The first-order chi connectivity index (χ1) is 6.31. The quantitative estimate of drug-likeness (QED) is 0.464. The minimum Gasteiger partial charge on any atom is -0.356 e. The van der Waals surface area contributed by atoms with E-state index in [1.54, 1.807) is 0 Å². The maximum absolute atomic E-state index is 11.0. The Bertz CT molecular complexity index is 191. The molecule has 0 heterocycles. The highest BCUT2D eigenvalue weighted by atomic mass is 16.1. The first-order valence-electron chi connectivity index (χ1n) is 4.68. The molecule has 1 amide bonds. The highest BCUT2D eigenvalue weighted by Gasteiger charge is 1.96. The lowest BCUT2D eigenvalue weighted by atomic mass is 10.3. The van der Waals surface area contributed by atoms with E-state index in [2.05, 4.69) is 22.5 Å². The van der Waals surface area contributed by atoms with Crippen molar-refractivity contribution in [1.82, 2.24) is 10.6 Å². The molecule has 0 aromatic rings. The second-order valence-electron chi connectivity index (χ2n) is 2.63. The van der Waals surface area contributed by atoms with Crippen LogP contribution in [0.4, 0.5) is 0 Å². The monoisotopic (exact) mass is 182 g/mol. The van der Waals surface area contributed by atoms with Crippen LogP contribution in [0.2, 0.25) is 0 Å². The van der Waals surface area contributed by atoms with Crippen molar-refractivity contribution < 1.29 is 4.79 Å². The first kappa shape index (κ1) is 12.0. The van der Waals surface area contributed by atoms with Gasteiger partial charge in [0.1, 0.15) is 0 Å². The lowest BCUT2D eigenvalue weighted by molar-refractivity contribution is -0.120. The first-order valence-corrected chi connectivity index (χ1v) is 4.68. The standard InChI is InChI=1S/C10H18N2O/c1-3-5-6-8-11-9-7-10(13)12-4-2/h11H,4,6-9H2,1-2H3,(H,12,13). The number of amides is 1. The maximum Gasteiger partial charge on any atom is 0.221 e. The molecule has 0 aromatic heterocycles. The summed E-state index contributed by atoms with van der Waals surface area (Å²) in [5, 5.41) is 5.89. The van der Waals surface area contributed by atoms with Crippen molar-refractivity contribution in [1.29, 1.82) is 0 Å². The molecule has 74 valence electrons. The molecule has 13 heavy (non-hydrogen) atoms. The Morgan fingerprint density at radius 1 is 1.38 bits per heavy atom. The fourth-order valence-corrected chi connectivity index (χ4v) is 0.888. The van der Waals surface area contributed by atoms with Crippen molar-refractivity contribution in [3.63, 3.8) is 0 Å². The lowest BCUT2D eigenvalue weighted by Gasteiger charge is -2.02. The van der Waals surface area contributed by atoms with Crippen molar-refractivity contribution in [3.8, 4) is 11.8 Å². The summed E-state index contributed by atoms with van der Waals surface area (Å²) < 4.78 is 0. The summed E-state index contributed by atoms with van der Waals surface area (Å²) in [7, 11) is 0. The molecule has 0 saturated carbocycles. The molecule has 3 heteroatoms. The van der Waals surface area contributed by atoms with E-state index in [-0.39, 0.29) is 5.91 Å². The van der Waals surface area contributed by atoms with Crippen LogP contribution in [0.25, 0.3) is 0 Å². The van der Waals surface area contributed by atoms with Crippen molar-refractivity contribution in [3.05, 3.63) is 0 Å². The summed E-state index contributed by atoms with van der Waals surface area (Å²) in [4.78, 5) is 11.0. The molecule has 0 aromatic carbocycles. The normalized spacial score (nSPS) is 8.77. The molecule has 0 unspecified atom stereocenters. The Morgan fingerprint density at radius 3 is 2.77 bits per heavy atom. The Balaban J connectivity index is 3.14. The zero-order valence-corrected chi connectivity index (χ0v) is 8.44. The topological polar surface area (TPSA) is 41.1 Å². The van der Waals surface area contributed by atoms with Crippen LogP contribution < -0.4 is 10.6 Å². The minimum absolute atomic E-state index is 0.108. The number of carbonyl (C=O) groups excluding carboxylic acids is 1. The fraction of sp³-hybridized carbons (Fsp3) is 0.700. The Kier molecular flexibility index (Phi) is 8.38. The van der Waals surface area contributed by atoms with Gasteiger partial charge in [0.15, 0.2) is 0 Å². The van der Waals surface area contributed by atoms with E-state index in [9.17, 15) is 4.79 Å². The lowest BCUT2D eigenvalue weighted by Crippen LogP contribution is -2.27. The molecular weight excluding hydrogens is 164 g/mol. The number of carbonyl (C=O) groups is 1. The molecule has 0 aliphatic carbocycles. The van der Waals surface area contributed by atoms with Crippen LogP contribution in [-0.4, -0.2) is 25.5 Å². The Hall–Kier alpha value is -1.01. The summed E-state index contributed by atoms with van der Waals surface area (Å²) in [6.07, 6.45) is 1.40. The number of rotatable bonds is 6. The summed E-state index contributed by atoms with van der Waals surface area (Å²) >= 11 is 0. The molecule has 0 atom stereocenters. The van der Waals surface area contributed by atoms with Crippen LogP contribution in [-0.2, 0) is 4.79 Å². The highest BCUT2D eigenvalue weighted by molar-refractivity contribution is 5.75. The van der Waals surface area contributed by atoms with E-state index in [1.165, 1.54) is 0 Å². The number of hydrogen-bond acceptors (Lipinski definition) is 2. The van der Waals surface area contributed by atoms with Crippen molar-refractivity contribution in [2.75, 3.05) is 19.6 Å². The minimum atomic E-state index is 0.108. The fourth-order valence-electron chi connectivity index (χ4n) is 0.888. The van der Waals surface area contributed by atoms with Gasteiger partial charge in [0.2, 0.25) is 5.91 Å². The molecule has 0 radical (unpaired) electrons. The van der Waals surface area contributed by atoms with Crippen molar-refractivity contribution in [2.45, 2.75) is 26.7 Å². The Morgan fingerprint density at radius 2 is 2.15 bits per heavy atom. The molecule has 0 aliphatic rings. The Labute approximate surface area is 80.3 Å². The average Bonchev–Trinajstić information content (AvgIpc) is 2.11. The number of hydrogen-bond donors (Lipinski definition) is 2. The number of nitrogens with one attached hydrogen (secondary N) is 2. The van der Waals surface area contributed by atoms with Gasteiger partial charge in [0.05, 0.1) is 0 Å². The van der Waals surface area contributed by atoms with Crippen LogP contribution in [0.15, 0.2) is 0 Å². The highest BCUT2D eigenvalue weighted by Crippen LogP contribution is 1.78. The van der Waals surface area contributed by atoms with Gasteiger partial charge in [-0.1, -0.05) is 0 Å². The molecule has 0 bridgehead atoms. The molecule has 2 N–H and O–H groups in total. The van der Waals surface area contributed by atoms with Crippen LogP contribution in [0.1, 0.15) is 26.7 Å². The molecule has 0 rings (SSSR count). The predicted octanol–water partition coefficient (Wildman–Crippen LogP) is 0.516. The summed E-state index contributed by atoms with van der Waals surface area (Å²) in [6, 6.07) is 0. The molecule has 0 saturated heterocycles. The van der Waals surface area contributed by atoms with E-state index in [0.717, 1.165) is 19.5 Å². The van der Waals surface area contributed by atoms with Gasteiger partial charge in [-0.2, -0.15) is 0 Å². The molecule has 3 nitrogen and oxygen atoms in total. The molecule has 0 spiro atoms. The van der Waals surface area contributed by atoms with E-state index in [1.807, 2.05) is 13.8 Å². The van der Waals surface area contributed by atoms with E-state index < -0.39 is 0 Å². The predicted molar refractivity (Wildman–Crippen MR) is 54.2 cm³/mol. The smallest absolute Gasteiger partial charge is 0.221 e. The van der Waals surface area contributed by atoms with Gasteiger partial charge in [-0.05, 0) is 13.8 Å². The molecule has 0 fully saturated rings.